The molecule has 0 amide bonds. The molecule has 0 aromatic heterocycles. The lowest BCUT2D eigenvalue weighted by Crippen LogP contribution is -2.25. The monoisotopic (exact) mass is 409 g/mol. The number of rotatable bonds is 9. The predicted octanol–water partition coefficient (Wildman–Crippen LogP) is 8.66. The summed E-state index contributed by atoms with van der Waals surface area (Å²) in [5, 5.41) is 8.50. The summed E-state index contributed by atoms with van der Waals surface area (Å²) in [5.74, 6) is 2.72. The maximum absolute atomic E-state index is 12.9. The van der Waals surface area contributed by atoms with Gasteiger partial charge in [-0.1, -0.05) is 56.9 Å². The van der Waals surface area contributed by atoms with E-state index in [4.69, 9.17) is 5.26 Å². The minimum absolute atomic E-state index is 0.619. The molecule has 164 valence electrons. The van der Waals surface area contributed by atoms with Gasteiger partial charge in [-0.15, -0.1) is 0 Å². The van der Waals surface area contributed by atoms with Crippen LogP contribution in [0.15, 0.2) is 36.2 Å². The molecule has 0 aliphatic heterocycles. The van der Waals surface area contributed by atoms with Crippen LogP contribution in [-0.4, -0.2) is 0 Å². The number of allylic oxidation sites excluding steroid dienone is 2. The highest BCUT2D eigenvalue weighted by Crippen LogP contribution is 2.44. The molecule has 3 rings (SSSR count). The Labute approximate surface area is 183 Å². The molecule has 2 aliphatic carbocycles. The van der Waals surface area contributed by atoms with E-state index in [2.05, 4.69) is 31.2 Å². The van der Waals surface area contributed by atoms with Crippen LogP contribution < -0.4 is 0 Å². The molecule has 30 heavy (non-hydrogen) atoms. The van der Waals surface area contributed by atoms with Gasteiger partial charge >= 0.3 is 0 Å². The van der Waals surface area contributed by atoms with Gasteiger partial charge < -0.3 is 0 Å². The Hall–Kier alpha value is -1.62. The van der Waals surface area contributed by atoms with Crippen molar-refractivity contribution in [3.63, 3.8) is 0 Å². The zero-order chi connectivity index (χ0) is 21.2. The van der Waals surface area contributed by atoms with Crippen LogP contribution in [0, 0.1) is 29.1 Å². The highest BCUT2D eigenvalue weighted by molar-refractivity contribution is 5.26. The highest BCUT2D eigenvalue weighted by atomic mass is 19.1. The van der Waals surface area contributed by atoms with Crippen LogP contribution in [0.5, 0.6) is 0 Å². The van der Waals surface area contributed by atoms with Crippen LogP contribution in [0.2, 0.25) is 0 Å². The second kappa shape index (κ2) is 12.3. The molecule has 0 bridgehead atoms. The molecule has 2 saturated carbocycles. The van der Waals surface area contributed by atoms with Gasteiger partial charge in [0.05, 0.1) is 0 Å². The van der Waals surface area contributed by atoms with Crippen LogP contribution in [0.25, 0.3) is 0 Å². The topological polar surface area (TPSA) is 23.8 Å². The number of nitriles is 1. The van der Waals surface area contributed by atoms with Crippen molar-refractivity contribution in [1.82, 2.24) is 0 Å². The third kappa shape index (κ3) is 6.97. The van der Waals surface area contributed by atoms with E-state index in [1.807, 2.05) is 0 Å². The molecule has 1 nitrogen and oxygen atoms in total. The largest absolute Gasteiger partial charge is 0.196 e. The number of unbranched alkanes of at least 4 members (excludes halogenated alkanes) is 2. The molecule has 1 aromatic rings. The molecular weight excluding hydrogens is 369 g/mol. The van der Waals surface area contributed by atoms with E-state index < -0.39 is 5.83 Å². The third-order valence-corrected chi connectivity index (χ3v) is 7.86. The molecule has 0 N–H and O–H groups in total. The van der Waals surface area contributed by atoms with Crippen molar-refractivity contribution in [2.75, 3.05) is 0 Å². The molecule has 2 aliphatic rings. The van der Waals surface area contributed by atoms with Crippen molar-refractivity contribution < 1.29 is 4.39 Å². The number of benzene rings is 1. The number of aryl methyl sites for hydroxylation is 1. The van der Waals surface area contributed by atoms with Gasteiger partial charge in [0.15, 0.2) is 5.83 Å². The first-order valence-electron chi connectivity index (χ1n) is 12.5. The van der Waals surface area contributed by atoms with Gasteiger partial charge in [-0.2, -0.15) is 9.65 Å². The smallest absolute Gasteiger partial charge is 0.195 e. The normalized spacial score (nSPS) is 27.6. The summed E-state index contributed by atoms with van der Waals surface area (Å²) >= 11 is 0. The molecule has 0 radical (unpaired) electrons. The first-order chi connectivity index (χ1) is 14.7. The van der Waals surface area contributed by atoms with Gasteiger partial charge in [-0.3, -0.25) is 0 Å². The van der Waals surface area contributed by atoms with Crippen molar-refractivity contribution in [2.45, 2.75) is 103 Å². The number of halogens is 1. The summed E-state index contributed by atoms with van der Waals surface area (Å²) in [5.41, 5.74) is 3.07. The van der Waals surface area contributed by atoms with Gasteiger partial charge in [0.25, 0.3) is 0 Å². The molecule has 0 heterocycles. The van der Waals surface area contributed by atoms with Crippen LogP contribution in [0.3, 0.4) is 0 Å². The minimum Gasteiger partial charge on any atom is -0.195 e. The number of nitrogens with zero attached hydrogens (tertiary/aromatic N) is 1. The molecule has 2 fully saturated rings. The molecule has 0 unspecified atom stereocenters. The van der Waals surface area contributed by atoms with Gasteiger partial charge in [-0.25, -0.2) is 0 Å². The Balaban J connectivity index is 1.37. The van der Waals surface area contributed by atoms with Gasteiger partial charge in [0.2, 0.25) is 0 Å². The van der Waals surface area contributed by atoms with Crippen LogP contribution in [-0.2, 0) is 6.42 Å². The van der Waals surface area contributed by atoms with E-state index in [9.17, 15) is 4.39 Å². The standard InChI is InChI=1S/C28H40FN/c1-2-3-4-6-22-9-13-24(14-10-22)26-17-19-27(20-18-26)25-15-11-23(12-16-25)7-5-8-28(29)21-30/h8-10,13-14,23,25-27H,2-7,11-12,15-20H2,1H3/t23-,25-,26-,27-. The molecule has 0 saturated heterocycles. The lowest BCUT2D eigenvalue weighted by Gasteiger charge is -2.38. The highest BCUT2D eigenvalue weighted by Gasteiger charge is 2.31. The SMILES string of the molecule is CCCCCc1ccc([C@H]2CC[C@H]([C@H]3CC[C@H](CCC=C(F)C#N)CC3)CC2)cc1. The van der Waals surface area contributed by atoms with Gasteiger partial charge in [0.1, 0.15) is 6.07 Å². The Morgan fingerprint density at radius 1 is 0.967 bits per heavy atom. The van der Waals surface area contributed by atoms with E-state index in [1.54, 1.807) is 11.6 Å². The average molecular weight is 410 g/mol. The van der Waals surface area contributed by atoms with Crippen molar-refractivity contribution in [1.29, 1.82) is 5.26 Å². The van der Waals surface area contributed by atoms with E-state index in [-0.39, 0.29) is 0 Å². The first-order valence-corrected chi connectivity index (χ1v) is 12.5. The van der Waals surface area contributed by atoms with Crippen LogP contribution in [0.1, 0.15) is 107 Å². The van der Waals surface area contributed by atoms with Gasteiger partial charge in [-0.05, 0) is 105 Å². The average Bonchev–Trinajstić information content (AvgIpc) is 2.80. The minimum atomic E-state index is -0.619. The Kier molecular flexibility index (Phi) is 9.44. The molecule has 0 spiro atoms. The summed E-state index contributed by atoms with van der Waals surface area (Å²) in [4.78, 5) is 0. The molecular formula is C28H40FN. The predicted molar refractivity (Wildman–Crippen MR) is 124 cm³/mol. The first kappa shape index (κ1) is 23.1. The molecule has 2 heteroatoms. The number of hydrogen-bond donors (Lipinski definition) is 0. The second-order valence-corrected chi connectivity index (χ2v) is 9.83. The third-order valence-electron chi connectivity index (χ3n) is 7.86. The molecule has 1 aromatic carbocycles. The van der Waals surface area contributed by atoms with Crippen LogP contribution in [0.4, 0.5) is 4.39 Å². The quantitative estimate of drug-likeness (QED) is 0.296. The lowest BCUT2D eigenvalue weighted by molar-refractivity contribution is 0.157. The van der Waals surface area contributed by atoms with Crippen molar-refractivity contribution in [2.24, 2.45) is 17.8 Å². The van der Waals surface area contributed by atoms with E-state index >= 15 is 0 Å². The van der Waals surface area contributed by atoms with E-state index in [0.29, 0.717) is 0 Å². The van der Waals surface area contributed by atoms with Crippen molar-refractivity contribution in [3.05, 3.63) is 47.3 Å². The fourth-order valence-electron chi connectivity index (χ4n) is 5.90. The Morgan fingerprint density at radius 2 is 1.60 bits per heavy atom. The zero-order valence-electron chi connectivity index (χ0n) is 18.9. The number of hydrogen-bond acceptors (Lipinski definition) is 1. The molecule has 0 atom stereocenters. The Bertz CT molecular complexity index is 682. The van der Waals surface area contributed by atoms with Crippen LogP contribution >= 0.6 is 0 Å². The second-order valence-electron chi connectivity index (χ2n) is 9.83. The van der Waals surface area contributed by atoms with E-state index in [1.165, 1.54) is 88.7 Å². The zero-order valence-corrected chi connectivity index (χ0v) is 18.9. The summed E-state index contributed by atoms with van der Waals surface area (Å²) in [6, 6.07) is 11.1. The lowest BCUT2D eigenvalue weighted by atomic mass is 9.68. The fraction of sp³-hybridized carbons (Fsp3) is 0.679. The maximum atomic E-state index is 12.9. The van der Waals surface area contributed by atoms with Crippen molar-refractivity contribution in [3.8, 4) is 6.07 Å². The fourth-order valence-corrected chi connectivity index (χ4v) is 5.90. The summed E-state index contributed by atoms with van der Waals surface area (Å²) < 4.78 is 12.9. The summed E-state index contributed by atoms with van der Waals surface area (Å²) in [7, 11) is 0. The van der Waals surface area contributed by atoms with E-state index in [0.717, 1.165) is 36.5 Å². The van der Waals surface area contributed by atoms with Crippen molar-refractivity contribution >= 4 is 0 Å². The summed E-state index contributed by atoms with van der Waals surface area (Å²) in [6.07, 6.45) is 19.2. The Morgan fingerprint density at radius 3 is 2.20 bits per heavy atom. The van der Waals surface area contributed by atoms with Gasteiger partial charge in [0, 0.05) is 0 Å². The maximum Gasteiger partial charge on any atom is 0.196 e. The summed E-state index contributed by atoms with van der Waals surface area (Å²) in [6.45, 7) is 2.27.